The van der Waals surface area contributed by atoms with Crippen molar-refractivity contribution in [2.75, 3.05) is 45.3 Å². The number of methoxy groups -OCH3 is 2. The van der Waals surface area contributed by atoms with E-state index in [2.05, 4.69) is 32.2 Å². The minimum absolute atomic E-state index is 0.0876. The van der Waals surface area contributed by atoms with Crippen molar-refractivity contribution >= 4 is 28.3 Å². The standard InChI is InChI=1S/C38H42N6O6/c1-41-19-29(27-8-11-39-17-28(27)36(41)47)23-15-32(49-2)30(33(16-23)50-3)20-42-12-9-38(10-13-42)21-43(22-38)25-4-5-26-24(14-25)18-44(37(26)48)31-6-7-34(45)40-35(31)46/h4-5,8,11,14-17,19,31,37,48H,6-7,9-10,12-13,18,20-22H2,1-3H3,(H,40,45,46). The van der Waals surface area contributed by atoms with Gasteiger partial charge in [0, 0.05) is 80.5 Å². The van der Waals surface area contributed by atoms with Crippen LogP contribution in [0.2, 0.25) is 0 Å². The lowest BCUT2D eigenvalue weighted by atomic mass is 9.71. The van der Waals surface area contributed by atoms with E-state index in [0.717, 1.165) is 89.4 Å². The van der Waals surface area contributed by atoms with Crippen LogP contribution in [-0.4, -0.2) is 82.7 Å². The molecular formula is C38H42N6O6. The van der Waals surface area contributed by atoms with Gasteiger partial charge < -0.3 is 24.0 Å². The summed E-state index contributed by atoms with van der Waals surface area (Å²) in [6, 6.07) is 11.7. The molecule has 2 amide bonds. The number of aliphatic hydroxyl groups is 1. The zero-order chi connectivity index (χ0) is 34.7. The lowest BCUT2D eigenvalue weighted by Crippen LogP contribution is -2.60. The number of amides is 2. The first-order chi connectivity index (χ1) is 24.2. The molecule has 0 saturated carbocycles. The lowest BCUT2D eigenvalue weighted by molar-refractivity contribution is -0.141. The number of imide groups is 1. The van der Waals surface area contributed by atoms with Gasteiger partial charge in [-0.2, -0.15) is 0 Å². The summed E-state index contributed by atoms with van der Waals surface area (Å²) in [5.41, 5.74) is 6.02. The number of anilines is 1. The molecule has 4 aliphatic rings. The van der Waals surface area contributed by atoms with Crippen LogP contribution in [0.25, 0.3) is 21.9 Å². The number of carbonyl (C=O) groups is 2. The van der Waals surface area contributed by atoms with Crippen molar-refractivity contribution < 1.29 is 24.2 Å². The molecule has 0 aliphatic carbocycles. The number of pyridine rings is 2. The molecule has 12 heteroatoms. The molecule has 4 aromatic rings. The van der Waals surface area contributed by atoms with Crippen LogP contribution in [0, 0.1) is 5.41 Å². The van der Waals surface area contributed by atoms with E-state index in [-0.39, 0.29) is 29.2 Å². The van der Waals surface area contributed by atoms with E-state index in [1.807, 2.05) is 30.5 Å². The average molecular weight is 679 g/mol. The van der Waals surface area contributed by atoms with Gasteiger partial charge in [-0.1, -0.05) is 6.07 Å². The minimum atomic E-state index is -0.852. The normalized spacial score (nSPS) is 22.0. The van der Waals surface area contributed by atoms with Crippen LogP contribution in [0.5, 0.6) is 11.5 Å². The molecule has 2 atom stereocenters. The topological polar surface area (TPSA) is 129 Å². The van der Waals surface area contributed by atoms with E-state index in [1.165, 1.54) is 0 Å². The highest BCUT2D eigenvalue weighted by atomic mass is 16.5. The van der Waals surface area contributed by atoms with E-state index in [1.54, 1.807) is 43.1 Å². The molecule has 3 saturated heterocycles. The van der Waals surface area contributed by atoms with Gasteiger partial charge in [-0.05, 0) is 79.2 Å². The molecule has 6 heterocycles. The summed E-state index contributed by atoms with van der Waals surface area (Å²) in [4.78, 5) is 47.7. The molecule has 3 fully saturated rings. The summed E-state index contributed by atoms with van der Waals surface area (Å²) >= 11 is 0. The van der Waals surface area contributed by atoms with Crippen LogP contribution in [0.3, 0.4) is 0 Å². The largest absolute Gasteiger partial charge is 0.496 e. The summed E-state index contributed by atoms with van der Waals surface area (Å²) in [6.07, 6.45) is 7.22. The number of nitrogens with one attached hydrogen (secondary N) is 1. The maximum absolute atomic E-state index is 12.8. The number of hydrogen-bond donors (Lipinski definition) is 2. The Morgan fingerprint density at radius 3 is 2.44 bits per heavy atom. The Kier molecular flexibility index (Phi) is 8.12. The zero-order valence-electron chi connectivity index (χ0n) is 28.6. The SMILES string of the molecule is COc1cc(-c2cn(C)c(=O)c3cnccc23)cc(OC)c1CN1CCC2(CC1)CN(c1ccc3c(c1)CN(C1CCC(=O)NC1=O)C3O)C2. The number of likely N-dealkylation sites (tertiary alicyclic amines) is 1. The number of ether oxygens (including phenoxy) is 2. The molecule has 4 aliphatic heterocycles. The minimum Gasteiger partial charge on any atom is -0.496 e. The Hall–Kier alpha value is -4.78. The molecule has 2 aromatic heterocycles. The smallest absolute Gasteiger partial charge is 0.259 e. The molecular weight excluding hydrogens is 636 g/mol. The first-order valence-corrected chi connectivity index (χ1v) is 17.2. The van der Waals surface area contributed by atoms with E-state index in [0.29, 0.717) is 24.9 Å². The Morgan fingerprint density at radius 2 is 1.74 bits per heavy atom. The van der Waals surface area contributed by atoms with E-state index < -0.39 is 12.3 Å². The van der Waals surface area contributed by atoms with E-state index in [4.69, 9.17) is 9.47 Å². The number of nitrogens with zero attached hydrogens (tertiary/aromatic N) is 5. The molecule has 8 rings (SSSR count). The quantitative estimate of drug-likeness (QED) is 0.281. The first kappa shape index (κ1) is 32.4. The molecule has 1 spiro atoms. The maximum atomic E-state index is 12.8. The van der Waals surface area contributed by atoms with Crippen molar-refractivity contribution in [3.8, 4) is 22.6 Å². The molecule has 0 bridgehead atoms. The van der Waals surface area contributed by atoms with Crippen molar-refractivity contribution in [3.63, 3.8) is 0 Å². The second-order valence-corrected chi connectivity index (χ2v) is 14.3. The van der Waals surface area contributed by atoms with Crippen LogP contribution in [0.15, 0.2) is 59.8 Å². The maximum Gasteiger partial charge on any atom is 0.259 e. The van der Waals surface area contributed by atoms with Crippen LogP contribution in [-0.2, 0) is 29.7 Å². The van der Waals surface area contributed by atoms with Crippen molar-refractivity contribution in [1.82, 2.24) is 24.7 Å². The van der Waals surface area contributed by atoms with E-state index >= 15 is 0 Å². The monoisotopic (exact) mass is 678 g/mol. The van der Waals surface area contributed by atoms with Crippen LogP contribution in [0.4, 0.5) is 5.69 Å². The van der Waals surface area contributed by atoms with Crippen LogP contribution < -0.4 is 25.2 Å². The lowest BCUT2D eigenvalue weighted by Gasteiger charge is -2.55. The summed E-state index contributed by atoms with van der Waals surface area (Å²) in [5, 5.41) is 14.8. The van der Waals surface area contributed by atoms with E-state index in [9.17, 15) is 19.5 Å². The number of carbonyl (C=O) groups excluding carboxylic acids is 2. The van der Waals surface area contributed by atoms with Gasteiger partial charge in [0.15, 0.2) is 0 Å². The number of rotatable bonds is 7. The molecule has 2 N–H and O–H groups in total. The molecule has 0 radical (unpaired) electrons. The third kappa shape index (κ3) is 5.51. The second-order valence-electron chi connectivity index (χ2n) is 14.3. The van der Waals surface area contributed by atoms with Gasteiger partial charge in [0.25, 0.3) is 5.56 Å². The third-order valence-electron chi connectivity index (χ3n) is 11.3. The predicted octanol–water partition coefficient (Wildman–Crippen LogP) is 3.33. The van der Waals surface area contributed by atoms with Crippen molar-refractivity contribution in [3.05, 3.63) is 82.0 Å². The predicted molar refractivity (Wildman–Crippen MR) is 188 cm³/mol. The number of fused-ring (bicyclic) bond motifs is 2. The Labute approximate surface area is 290 Å². The highest BCUT2D eigenvalue weighted by Gasteiger charge is 2.46. The first-order valence-electron chi connectivity index (χ1n) is 17.2. The van der Waals surface area contributed by atoms with Gasteiger partial charge in [0.2, 0.25) is 11.8 Å². The third-order valence-corrected chi connectivity index (χ3v) is 11.3. The molecule has 2 aromatic carbocycles. The van der Waals surface area contributed by atoms with Crippen molar-refractivity contribution in [2.24, 2.45) is 12.5 Å². The summed E-state index contributed by atoms with van der Waals surface area (Å²) < 4.78 is 13.5. The zero-order valence-corrected chi connectivity index (χ0v) is 28.6. The highest BCUT2D eigenvalue weighted by Crippen LogP contribution is 2.45. The fourth-order valence-electron chi connectivity index (χ4n) is 8.43. The number of hydrogen-bond acceptors (Lipinski definition) is 10. The van der Waals surface area contributed by atoms with Gasteiger partial charge in [0.05, 0.1) is 31.2 Å². The number of benzene rings is 2. The fourth-order valence-corrected chi connectivity index (χ4v) is 8.43. The highest BCUT2D eigenvalue weighted by molar-refractivity contribution is 6.00. The number of piperidine rings is 2. The van der Waals surface area contributed by atoms with Crippen molar-refractivity contribution in [2.45, 2.75) is 51.0 Å². The molecule has 50 heavy (non-hydrogen) atoms. The van der Waals surface area contributed by atoms with Gasteiger partial charge in [-0.15, -0.1) is 0 Å². The number of aliphatic hydroxyl groups excluding tert-OH is 1. The molecule has 12 nitrogen and oxygen atoms in total. The molecule has 260 valence electrons. The summed E-state index contributed by atoms with van der Waals surface area (Å²) in [6.45, 7) is 5.11. The Bertz CT molecular complexity index is 2040. The number of aromatic nitrogens is 2. The van der Waals surface area contributed by atoms with Gasteiger partial charge >= 0.3 is 0 Å². The average Bonchev–Trinajstić information content (AvgIpc) is 3.44. The van der Waals surface area contributed by atoms with Crippen LogP contribution in [0.1, 0.15) is 48.6 Å². The second kappa shape index (κ2) is 12.5. The van der Waals surface area contributed by atoms with Gasteiger partial charge in [-0.25, -0.2) is 0 Å². The van der Waals surface area contributed by atoms with Gasteiger partial charge in [0.1, 0.15) is 17.7 Å². The van der Waals surface area contributed by atoms with Crippen molar-refractivity contribution in [1.29, 1.82) is 0 Å². The Balaban J connectivity index is 0.927. The summed E-state index contributed by atoms with van der Waals surface area (Å²) in [5.74, 6) is 0.926. The van der Waals surface area contributed by atoms with Gasteiger partial charge in [-0.3, -0.25) is 34.5 Å². The number of aryl methyl sites for hydroxylation is 1. The Morgan fingerprint density at radius 1 is 1.00 bits per heavy atom. The molecule has 2 unspecified atom stereocenters. The summed E-state index contributed by atoms with van der Waals surface area (Å²) in [7, 11) is 5.12. The fraction of sp³-hybridized carbons (Fsp3) is 0.421. The van der Waals surface area contributed by atoms with Crippen LogP contribution >= 0.6 is 0 Å².